The molecule has 0 aliphatic carbocycles. The Hall–Kier alpha value is -2.33. The van der Waals surface area contributed by atoms with Crippen molar-refractivity contribution in [2.45, 2.75) is 20.4 Å². The molecule has 25 heavy (non-hydrogen) atoms. The Morgan fingerprint density at radius 1 is 0.960 bits per heavy atom. The van der Waals surface area contributed by atoms with E-state index in [-0.39, 0.29) is 5.91 Å². The van der Waals surface area contributed by atoms with Gasteiger partial charge in [-0.05, 0) is 31.5 Å². The molecule has 0 bridgehead atoms. The number of amides is 1. The minimum absolute atomic E-state index is 0.224. The summed E-state index contributed by atoms with van der Waals surface area (Å²) >= 11 is 0. The van der Waals surface area contributed by atoms with Crippen LogP contribution in [0.15, 0.2) is 48.5 Å². The normalized spacial score (nSPS) is 15.8. The third-order valence-electron chi connectivity index (χ3n) is 4.91. The Morgan fingerprint density at radius 2 is 1.60 bits per heavy atom. The summed E-state index contributed by atoms with van der Waals surface area (Å²) in [4.78, 5) is 16.9. The predicted octanol–water partition coefficient (Wildman–Crippen LogP) is 2.96. The van der Waals surface area contributed by atoms with E-state index in [4.69, 9.17) is 0 Å². The van der Waals surface area contributed by atoms with Crippen LogP contribution in [0.4, 0.5) is 0 Å². The Morgan fingerprint density at radius 3 is 2.24 bits per heavy atom. The first-order valence-electron chi connectivity index (χ1n) is 8.98. The number of carbonyl (C=O) groups is 1. The predicted molar refractivity (Wildman–Crippen MR) is 102 cm³/mol. The van der Waals surface area contributed by atoms with E-state index < -0.39 is 0 Å². The Balaban J connectivity index is 1.45. The van der Waals surface area contributed by atoms with E-state index in [2.05, 4.69) is 71.9 Å². The highest BCUT2D eigenvalue weighted by molar-refractivity contribution is 5.76. The fraction of sp³-hybridized carbons (Fsp3) is 0.381. The molecule has 1 aliphatic heterocycles. The number of nitrogens with zero attached hydrogens (tertiary/aromatic N) is 3. The number of hydrogen-bond donors (Lipinski definition) is 0. The van der Waals surface area contributed by atoms with E-state index in [0.29, 0.717) is 6.54 Å². The summed E-state index contributed by atoms with van der Waals surface area (Å²) in [6.45, 7) is 9.01. The van der Waals surface area contributed by atoms with Gasteiger partial charge in [-0.2, -0.15) is 0 Å². The fourth-order valence-corrected chi connectivity index (χ4v) is 3.27. The summed E-state index contributed by atoms with van der Waals surface area (Å²) in [7, 11) is 0. The monoisotopic (exact) mass is 337 g/mol. The van der Waals surface area contributed by atoms with Crippen LogP contribution in [-0.2, 0) is 11.3 Å². The Bertz CT molecular complexity index is 705. The molecule has 4 heteroatoms. The number of hydrogen-bond acceptors (Lipinski definition) is 2. The molecule has 1 aliphatic rings. The van der Waals surface area contributed by atoms with Crippen molar-refractivity contribution < 1.29 is 4.79 Å². The van der Waals surface area contributed by atoms with Gasteiger partial charge in [0, 0.05) is 44.1 Å². The number of aryl methyl sites for hydroxylation is 2. The first-order chi connectivity index (χ1) is 12.1. The maximum Gasteiger partial charge on any atom is 0.242 e. The molecule has 0 radical (unpaired) electrons. The highest BCUT2D eigenvalue weighted by Gasteiger charge is 2.21. The molecule has 1 fully saturated rings. The second-order valence-corrected chi connectivity index (χ2v) is 6.70. The molecule has 1 aromatic heterocycles. The van der Waals surface area contributed by atoms with E-state index in [1.165, 1.54) is 5.56 Å². The molecule has 0 unspecified atom stereocenters. The zero-order valence-corrected chi connectivity index (χ0v) is 15.2. The van der Waals surface area contributed by atoms with Crippen LogP contribution in [0.25, 0.3) is 6.08 Å². The maximum atomic E-state index is 12.5. The maximum absolute atomic E-state index is 12.5. The molecule has 1 aromatic carbocycles. The lowest BCUT2D eigenvalue weighted by Crippen LogP contribution is -2.49. The largest absolute Gasteiger partial charge is 0.340 e. The van der Waals surface area contributed by atoms with E-state index in [1.807, 2.05) is 11.0 Å². The van der Waals surface area contributed by atoms with Gasteiger partial charge < -0.3 is 9.47 Å². The van der Waals surface area contributed by atoms with Gasteiger partial charge in [0.15, 0.2) is 0 Å². The van der Waals surface area contributed by atoms with Crippen LogP contribution in [-0.4, -0.2) is 53.0 Å². The first kappa shape index (κ1) is 17.5. The molecule has 132 valence electrons. The van der Waals surface area contributed by atoms with Crippen LogP contribution in [0.5, 0.6) is 0 Å². The number of piperazine rings is 1. The van der Waals surface area contributed by atoms with Gasteiger partial charge in [-0.25, -0.2) is 0 Å². The number of aromatic nitrogens is 1. The molecule has 1 amide bonds. The minimum atomic E-state index is 0.224. The van der Waals surface area contributed by atoms with Crippen LogP contribution in [0.3, 0.4) is 0 Å². The van der Waals surface area contributed by atoms with Gasteiger partial charge >= 0.3 is 0 Å². The molecular weight excluding hydrogens is 310 g/mol. The third-order valence-corrected chi connectivity index (χ3v) is 4.91. The molecule has 0 N–H and O–H groups in total. The zero-order valence-electron chi connectivity index (χ0n) is 15.2. The van der Waals surface area contributed by atoms with E-state index in [1.54, 1.807) is 0 Å². The lowest BCUT2D eigenvalue weighted by Gasteiger charge is -2.34. The van der Waals surface area contributed by atoms with E-state index >= 15 is 0 Å². The summed E-state index contributed by atoms with van der Waals surface area (Å²) < 4.78 is 2.09. The second-order valence-electron chi connectivity index (χ2n) is 6.70. The molecule has 0 saturated carbocycles. The van der Waals surface area contributed by atoms with Crippen molar-refractivity contribution in [3.8, 4) is 0 Å². The van der Waals surface area contributed by atoms with Crippen molar-refractivity contribution in [2.24, 2.45) is 0 Å². The van der Waals surface area contributed by atoms with E-state index in [0.717, 1.165) is 44.1 Å². The third kappa shape index (κ3) is 4.60. The molecule has 2 aromatic rings. The summed E-state index contributed by atoms with van der Waals surface area (Å²) in [6.07, 6.45) is 4.37. The van der Waals surface area contributed by atoms with Gasteiger partial charge in [0.25, 0.3) is 0 Å². The number of benzene rings is 1. The molecule has 2 heterocycles. The Kier molecular flexibility index (Phi) is 5.71. The smallest absolute Gasteiger partial charge is 0.242 e. The molecule has 1 saturated heterocycles. The number of rotatable bonds is 5. The lowest BCUT2D eigenvalue weighted by molar-refractivity contribution is -0.133. The Labute approximate surface area is 150 Å². The summed E-state index contributed by atoms with van der Waals surface area (Å²) in [5.41, 5.74) is 3.53. The van der Waals surface area contributed by atoms with Crippen molar-refractivity contribution in [1.82, 2.24) is 14.4 Å². The molecule has 4 nitrogen and oxygen atoms in total. The van der Waals surface area contributed by atoms with Crippen molar-refractivity contribution in [1.29, 1.82) is 0 Å². The quantitative estimate of drug-likeness (QED) is 0.839. The van der Waals surface area contributed by atoms with Gasteiger partial charge in [0.2, 0.25) is 5.91 Å². The van der Waals surface area contributed by atoms with Crippen molar-refractivity contribution in [3.63, 3.8) is 0 Å². The average molecular weight is 337 g/mol. The fourth-order valence-electron chi connectivity index (χ4n) is 3.27. The second kappa shape index (κ2) is 8.17. The standard InChI is InChI=1S/C21H27N3O/c1-18-10-11-19(2)24(18)17-21(25)23-15-13-22(14-16-23)12-6-9-20-7-4-3-5-8-20/h3-11H,12-17H2,1-2H3/b9-6+. The molecular formula is C21H27N3O. The van der Waals surface area contributed by atoms with Crippen LogP contribution >= 0.6 is 0 Å². The van der Waals surface area contributed by atoms with Gasteiger partial charge in [-0.1, -0.05) is 42.5 Å². The number of carbonyl (C=O) groups excluding carboxylic acids is 1. The van der Waals surface area contributed by atoms with Crippen molar-refractivity contribution in [3.05, 3.63) is 65.5 Å². The highest BCUT2D eigenvalue weighted by atomic mass is 16.2. The van der Waals surface area contributed by atoms with E-state index in [9.17, 15) is 4.79 Å². The SMILES string of the molecule is Cc1ccc(C)n1CC(=O)N1CCN(C/C=C/c2ccccc2)CC1. The molecule has 0 spiro atoms. The highest BCUT2D eigenvalue weighted by Crippen LogP contribution is 2.10. The average Bonchev–Trinajstić information content (AvgIpc) is 2.95. The summed E-state index contributed by atoms with van der Waals surface area (Å²) in [5, 5.41) is 0. The van der Waals surface area contributed by atoms with Gasteiger partial charge in [0.1, 0.15) is 6.54 Å². The van der Waals surface area contributed by atoms with Crippen LogP contribution in [0, 0.1) is 13.8 Å². The zero-order chi connectivity index (χ0) is 17.6. The van der Waals surface area contributed by atoms with Gasteiger partial charge in [-0.15, -0.1) is 0 Å². The van der Waals surface area contributed by atoms with Crippen molar-refractivity contribution in [2.75, 3.05) is 32.7 Å². The van der Waals surface area contributed by atoms with Gasteiger partial charge in [-0.3, -0.25) is 9.69 Å². The molecule has 3 rings (SSSR count). The van der Waals surface area contributed by atoms with Crippen molar-refractivity contribution >= 4 is 12.0 Å². The first-order valence-corrected chi connectivity index (χ1v) is 8.98. The van der Waals surface area contributed by atoms with Gasteiger partial charge in [0.05, 0.1) is 0 Å². The summed E-state index contributed by atoms with van der Waals surface area (Å²) in [5.74, 6) is 0.224. The topological polar surface area (TPSA) is 28.5 Å². The van der Waals surface area contributed by atoms with Crippen LogP contribution < -0.4 is 0 Å². The van der Waals surface area contributed by atoms with Crippen LogP contribution in [0.1, 0.15) is 17.0 Å². The summed E-state index contributed by atoms with van der Waals surface area (Å²) in [6, 6.07) is 14.5. The van der Waals surface area contributed by atoms with Crippen LogP contribution in [0.2, 0.25) is 0 Å². The molecule has 0 atom stereocenters. The minimum Gasteiger partial charge on any atom is -0.340 e. The lowest BCUT2D eigenvalue weighted by atomic mass is 10.2.